The van der Waals surface area contributed by atoms with E-state index in [0.29, 0.717) is 10.6 Å². The molecule has 0 saturated carbocycles. The largest absolute Gasteiger partial charge is 0.378 e. The van der Waals surface area contributed by atoms with Crippen molar-refractivity contribution in [2.24, 2.45) is 0 Å². The first-order chi connectivity index (χ1) is 9.24. The smallest absolute Gasteiger partial charge is 0.101 e. The molecule has 3 heteroatoms. The normalized spacial score (nSPS) is 11.6. The molecular formula is C16H15ClN2. The zero-order valence-corrected chi connectivity index (χ0v) is 11.5. The predicted octanol–water partition coefficient (Wildman–Crippen LogP) is 4.77. The zero-order valence-electron chi connectivity index (χ0n) is 10.7. The van der Waals surface area contributed by atoms with Crippen LogP contribution in [0.5, 0.6) is 0 Å². The van der Waals surface area contributed by atoms with Gasteiger partial charge < -0.3 is 5.32 Å². The van der Waals surface area contributed by atoms with Crippen molar-refractivity contribution >= 4 is 17.3 Å². The van der Waals surface area contributed by atoms with Crippen molar-refractivity contribution in [3.63, 3.8) is 0 Å². The van der Waals surface area contributed by atoms with E-state index in [-0.39, 0.29) is 6.04 Å². The van der Waals surface area contributed by atoms with Gasteiger partial charge in [0.15, 0.2) is 0 Å². The Hall–Kier alpha value is -1.98. The molecule has 0 bridgehead atoms. The molecule has 0 aliphatic rings. The molecule has 0 aliphatic heterocycles. The van der Waals surface area contributed by atoms with Crippen LogP contribution >= 0.6 is 11.6 Å². The minimum atomic E-state index is 0.230. The number of rotatable bonds is 4. The summed E-state index contributed by atoms with van der Waals surface area (Å²) in [4.78, 5) is 0. The van der Waals surface area contributed by atoms with Crippen molar-refractivity contribution in [1.29, 1.82) is 5.26 Å². The number of nitrogens with one attached hydrogen (secondary N) is 1. The van der Waals surface area contributed by atoms with Gasteiger partial charge in [0.25, 0.3) is 0 Å². The molecule has 2 nitrogen and oxygen atoms in total. The van der Waals surface area contributed by atoms with Crippen LogP contribution in [-0.4, -0.2) is 0 Å². The molecule has 0 saturated heterocycles. The van der Waals surface area contributed by atoms with Gasteiger partial charge in [-0.15, -0.1) is 0 Å². The molecule has 0 heterocycles. The molecule has 1 unspecified atom stereocenters. The third-order valence-corrected chi connectivity index (χ3v) is 3.37. The molecule has 1 atom stereocenters. The molecule has 0 aliphatic carbocycles. The topological polar surface area (TPSA) is 35.8 Å². The summed E-state index contributed by atoms with van der Waals surface area (Å²) in [6.07, 6.45) is 0.967. The van der Waals surface area contributed by atoms with E-state index >= 15 is 0 Å². The van der Waals surface area contributed by atoms with Gasteiger partial charge in [-0.25, -0.2) is 0 Å². The molecular weight excluding hydrogens is 256 g/mol. The Morgan fingerprint density at radius 3 is 2.58 bits per heavy atom. The quantitative estimate of drug-likeness (QED) is 0.868. The fraction of sp³-hybridized carbons (Fsp3) is 0.188. The van der Waals surface area contributed by atoms with Crippen molar-refractivity contribution in [2.75, 3.05) is 5.32 Å². The maximum Gasteiger partial charge on any atom is 0.101 e. The lowest BCUT2D eigenvalue weighted by atomic mass is 10.0. The van der Waals surface area contributed by atoms with E-state index in [1.54, 1.807) is 12.1 Å². The Labute approximate surface area is 118 Å². The summed E-state index contributed by atoms with van der Waals surface area (Å²) in [6.45, 7) is 2.13. The number of halogens is 1. The highest BCUT2D eigenvalue weighted by Gasteiger charge is 2.09. The fourth-order valence-corrected chi connectivity index (χ4v) is 2.17. The van der Waals surface area contributed by atoms with Crippen LogP contribution < -0.4 is 5.32 Å². The van der Waals surface area contributed by atoms with Gasteiger partial charge in [0.05, 0.1) is 16.6 Å². The number of anilines is 1. The SMILES string of the molecule is CCC(Nc1ccc(Cl)c(C#N)c1)c1ccccc1. The number of hydrogen-bond donors (Lipinski definition) is 1. The van der Waals surface area contributed by atoms with Crippen LogP contribution in [0.15, 0.2) is 48.5 Å². The average Bonchev–Trinajstić information content (AvgIpc) is 2.47. The van der Waals surface area contributed by atoms with Gasteiger partial charge >= 0.3 is 0 Å². The first-order valence-electron chi connectivity index (χ1n) is 6.25. The van der Waals surface area contributed by atoms with Crippen LogP contribution in [0.2, 0.25) is 5.02 Å². The van der Waals surface area contributed by atoms with E-state index in [1.165, 1.54) is 5.56 Å². The third kappa shape index (κ3) is 3.27. The lowest BCUT2D eigenvalue weighted by Gasteiger charge is -2.19. The third-order valence-electron chi connectivity index (χ3n) is 3.04. The standard InChI is InChI=1S/C16H15ClN2/c1-2-16(12-6-4-3-5-7-12)19-14-8-9-15(17)13(10-14)11-18/h3-10,16,19H,2H2,1H3. The zero-order chi connectivity index (χ0) is 13.7. The van der Waals surface area contributed by atoms with Crippen molar-refractivity contribution in [1.82, 2.24) is 0 Å². The van der Waals surface area contributed by atoms with E-state index in [0.717, 1.165) is 12.1 Å². The molecule has 0 aromatic heterocycles. The molecule has 2 aromatic carbocycles. The maximum absolute atomic E-state index is 8.99. The average molecular weight is 271 g/mol. The number of nitrogens with zero attached hydrogens (tertiary/aromatic N) is 1. The first-order valence-corrected chi connectivity index (χ1v) is 6.63. The minimum Gasteiger partial charge on any atom is -0.378 e. The summed E-state index contributed by atoms with van der Waals surface area (Å²) in [6, 6.07) is 18.0. The number of nitriles is 1. The molecule has 1 N–H and O–H groups in total. The number of hydrogen-bond acceptors (Lipinski definition) is 2. The fourth-order valence-electron chi connectivity index (χ4n) is 2.01. The second-order valence-corrected chi connectivity index (χ2v) is 4.73. The van der Waals surface area contributed by atoms with Gasteiger partial charge in [-0.3, -0.25) is 0 Å². The van der Waals surface area contributed by atoms with Crippen LogP contribution in [0.3, 0.4) is 0 Å². The van der Waals surface area contributed by atoms with Gasteiger partial charge in [0.2, 0.25) is 0 Å². The van der Waals surface area contributed by atoms with Crippen LogP contribution in [0, 0.1) is 11.3 Å². The summed E-state index contributed by atoms with van der Waals surface area (Å²) >= 11 is 5.93. The molecule has 2 rings (SSSR count). The Morgan fingerprint density at radius 1 is 1.21 bits per heavy atom. The summed E-state index contributed by atoms with van der Waals surface area (Å²) in [7, 11) is 0. The van der Waals surface area contributed by atoms with E-state index < -0.39 is 0 Å². The Bertz CT molecular complexity index is 587. The van der Waals surface area contributed by atoms with Gasteiger partial charge in [-0.2, -0.15) is 5.26 Å². The molecule has 0 spiro atoms. The Balaban J connectivity index is 2.22. The highest BCUT2D eigenvalue weighted by molar-refractivity contribution is 6.31. The van der Waals surface area contributed by atoms with Gasteiger partial charge in [-0.05, 0) is 30.2 Å². The predicted molar refractivity (Wildman–Crippen MR) is 79.3 cm³/mol. The van der Waals surface area contributed by atoms with Crippen LogP contribution in [0.1, 0.15) is 30.5 Å². The summed E-state index contributed by atoms with van der Waals surface area (Å²) in [5, 5.41) is 12.9. The second-order valence-electron chi connectivity index (χ2n) is 4.32. The van der Waals surface area contributed by atoms with E-state index in [1.807, 2.05) is 24.3 Å². The summed E-state index contributed by atoms with van der Waals surface area (Å²) in [5.74, 6) is 0. The lowest BCUT2D eigenvalue weighted by Crippen LogP contribution is -2.09. The molecule has 2 aromatic rings. The van der Waals surface area contributed by atoms with Crippen LogP contribution in [0.25, 0.3) is 0 Å². The lowest BCUT2D eigenvalue weighted by molar-refractivity contribution is 0.749. The van der Waals surface area contributed by atoms with E-state index in [2.05, 4.69) is 30.4 Å². The van der Waals surface area contributed by atoms with Crippen LogP contribution in [0.4, 0.5) is 5.69 Å². The summed E-state index contributed by atoms with van der Waals surface area (Å²) in [5.41, 5.74) is 2.64. The molecule has 0 amide bonds. The van der Waals surface area contributed by atoms with Crippen LogP contribution in [-0.2, 0) is 0 Å². The van der Waals surface area contributed by atoms with Gasteiger partial charge in [-0.1, -0.05) is 48.9 Å². The second kappa shape index (κ2) is 6.26. The van der Waals surface area contributed by atoms with Gasteiger partial charge in [0, 0.05) is 5.69 Å². The highest BCUT2D eigenvalue weighted by atomic mass is 35.5. The summed E-state index contributed by atoms with van der Waals surface area (Å²) < 4.78 is 0. The van der Waals surface area contributed by atoms with Crippen molar-refractivity contribution in [3.8, 4) is 6.07 Å². The first kappa shape index (κ1) is 13.5. The molecule has 0 fully saturated rings. The van der Waals surface area contributed by atoms with E-state index in [9.17, 15) is 0 Å². The Kier molecular flexibility index (Phi) is 4.43. The monoisotopic (exact) mass is 270 g/mol. The molecule has 96 valence electrons. The highest BCUT2D eigenvalue weighted by Crippen LogP contribution is 2.25. The Morgan fingerprint density at radius 2 is 1.95 bits per heavy atom. The van der Waals surface area contributed by atoms with Crippen molar-refractivity contribution in [2.45, 2.75) is 19.4 Å². The number of benzene rings is 2. The van der Waals surface area contributed by atoms with Crippen molar-refractivity contribution < 1.29 is 0 Å². The minimum absolute atomic E-state index is 0.230. The maximum atomic E-state index is 8.99. The van der Waals surface area contributed by atoms with Crippen molar-refractivity contribution in [3.05, 3.63) is 64.7 Å². The molecule has 0 radical (unpaired) electrons. The van der Waals surface area contributed by atoms with E-state index in [4.69, 9.17) is 16.9 Å². The molecule has 19 heavy (non-hydrogen) atoms. The van der Waals surface area contributed by atoms with Gasteiger partial charge in [0.1, 0.15) is 6.07 Å².